The maximum atomic E-state index is 13.3. The summed E-state index contributed by atoms with van der Waals surface area (Å²) in [4.78, 5) is 0. The third-order valence-corrected chi connectivity index (χ3v) is 2.31. The predicted molar refractivity (Wildman–Crippen MR) is 53.2 cm³/mol. The summed E-state index contributed by atoms with van der Waals surface area (Å²) in [6.07, 6.45) is 0. The quantitative estimate of drug-likeness (QED) is 0.762. The molecule has 0 aromatic heterocycles. The van der Waals surface area contributed by atoms with Crippen molar-refractivity contribution in [2.24, 2.45) is 0 Å². The number of anilines is 1. The number of hydrogen-bond donors (Lipinski definition) is 2. The van der Waals surface area contributed by atoms with Crippen LogP contribution in [-0.4, -0.2) is 26.2 Å². The Balaban J connectivity index is 2.13. The lowest BCUT2D eigenvalue weighted by Gasteiger charge is -2.29. The first kappa shape index (κ1) is 9.27. The fraction of sp³-hybridized carbons (Fsp3) is 0.400. The second-order valence-corrected chi connectivity index (χ2v) is 3.35. The number of halogens is 1. The average molecular weight is 196 g/mol. The Hall–Kier alpha value is -1.29. The van der Waals surface area contributed by atoms with Gasteiger partial charge in [0.25, 0.3) is 0 Å². The summed E-state index contributed by atoms with van der Waals surface area (Å²) in [6.45, 7) is 1.77. The minimum atomic E-state index is -0.238. The number of benzene rings is 1. The summed E-state index contributed by atoms with van der Waals surface area (Å²) in [5, 5.41) is 6.22. The van der Waals surface area contributed by atoms with E-state index in [4.69, 9.17) is 4.74 Å². The van der Waals surface area contributed by atoms with Crippen LogP contribution >= 0.6 is 0 Å². The molecular formula is C10H13FN2O. The van der Waals surface area contributed by atoms with Crippen molar-refractivity contribution in [3.63, 3.8) is 0 Å². The standard InChI is InChI=1S/C10H13FN2O/c1-14-8-2-3-9(11)10(4-8)13-7-5-12-6-7/h2-4,7,12-13H,5-6H2,1H3. The summed E-state index contributed by atoms with van der Waals surface area (Å²) in [5.41, 5.74) is 0.510. The summed E-state index contributed by atoms with van der Waals surface area (Å²) in [7, 11) is 1.57. The molecule has 1 fully saturated rings. The molecule has 0 bridgehead atoms. The molecule has 2 N–H and O–H groups in total. The van der Waals surface area contributed by atoms with Gasteiger partial charge in [-0.3, -0.25) is 0 Å². The molecule has 0 amide bonds. The zero-order chi connectivity index (χ0) is 9.97. The molecule has 1 aliphatic heterocycles. The fourth-order valence-corrected chi connectivity index (χ4v) is 1.35. The van der Waals surface area contributed by atoms with E-state index in [-0.39, 0.29) is 5.82 Å². The van der Waals surface area contributed by atoms with E-state index in [1.807, 2.05) is 0 Å². The molecule has 0 atom stereocenters. The largest absolute Gasteiger partial charge is 0.497 e. The van der Waals surface area contributed by atoms with Crippen LogP contribution in [-0.2, 0) is 0 Å². The number of nitrogens with one attached hydrogen (secondary N) is 2. The van der Waals surface area contributed by atoms with E-state index in [0.717, 1.165) is 13.1 Å². The Kier molecular flexibility index (Phi) is 2.54. The highest BCUT2D eigenvalue weighted by Crippen LogP contribution is 2.22. The van der Waals surface area contributed by atoms with Gasteiger partial charge in [0.05, 0.1) is 18.8 Å². The maximum Gasteiger partial charge on any atom is 0.146 e. The minimum absolute atomic E-state index is 0.238. The van der Waals surface area contributed by atoms with Crippen molar-refractivity contribution in [3.8, 4) is 5.75 Å². The zero-order valence-corrected chi connectivity index (χ0v) is 8.01. The van der Waals surface area contributed by atoms with Gasteiger partial charge in [0.2, 0.25) is 0 Å². The van der Waals surface area contributed by atoms with E-state index in [0.29, 0.717) is 17.5 Å². The van der Waals surface area contributed by atoms with Gasteiger partial charge in [-0.25, -0.2) is 4.39 Å². The molecule has 0 saturated carbocycles. The van der Waals surface area contributed by atoms with Crippen molar-refractivity contribution >= 4 is 5.69 Å². The summed E-state index contributed by atoms with van der Waals surface area (Å²) < 4.78 is 18.3. The first-order valence-corrected chi connectivity index (χ1v) is 4.60. The highest BCUT2D eigenvalue weighted by molar-refractivity contribution is 5.50. The SMILES string of the molecule is COc1ccc(F)c(NC2CNC2)c1. The molecule has 2 rings (SSSR count). The summed E-state index contributed by atoms with van der Waals surface area (Å²) in [5.74, 6) is 0.430. The third kappa shape index (κ3) is 1.80. The molecule has 0 unspecified atom stereocenters. The highest BCUT2D eigenvalue weighted by atomic mass is 19.1. The van der Waals surface area contributed by atoms with Gasteiger partial charge in [-0.05, 0) is 12.1 Å². The normalized spacial score (nSPS) is 16.1. The molecule has 1 aromatic carbocycles. The van der Waals surface area contributed by atoms with Crippen molar-refractivity contribution in [3.05, 3.63) is 24.0 Å². The summed E-state index contributed by atoms with van der Waals surface area (Å²) in [6, 6.07) is 5.03. The van der Waals surface area contributed by atoms with Crippen LogP contribution in [0.3, 0.4) is 0 Å². The number of hydrogen-bond acceptors (Lipinski definition) is 3. The molecule has 14 heavy (non-hydrogen) atoms. The van der Waals surface area contributed by atoms with Crippen molar-refractivity contribution in [1.82, 2.24) is 5.32 Å². The van der Waals surface area contributed by atoms with E-state index in [2.05, 4.69) is 10.6 Å². The van der Waals surface area contributed by atoms with Gasteiger partial charge in [0.1, 0.15) is 11.6 Å². The van der Waals surface area contributed by atoms with Gasteiger partial charge in [0, 0.05) is 19.2 Å². The number of ether oxygens (including phenoxy) is 1. The van der Waals surface area contributed by atoms with Gasteiger partial charge < -0.3 is 15.4 Å². The number of rotatable bonds is 3. The van der Waals surface area contributed by atoms with Crippen molar-refractivity contribution in [2.45, 2.75) is 6.04 Å². The monoisotopic (exact) mass is 196 g/mol. The van der Waals surface area contributed by atoms with E-state index in [1.165, 1.54) is 6.07 Å². The predicted octanol–water partition coefficient (Wildman–Crippen LogP) is 1.22. The van der Waals surface area contributed by atoms with Crippen molar-refractivity contribution in [2.75, 3.05) is 25.5 Å². The molecule has 4 heteroatoms. The van der Waals surface area contributed by atoms with Gasteiger partial charge in [-0.15, -0.1) is 0 Å². The van der Waals surface area contributed by atoms with Crippen LogP contribution in [0.25, 0.3) is 0 Å². The van der Waals surface area contributed by atoms with Crippen LogP contribution < -0.4 is 15.4 Å². The topological polar surface area (TPSA) is 33.3 Å². The third-order valence-electron chi connectivity index (χ3n) is 2.31. The molecule has 3 nitrogen and oxygen atoms in total. The molecular weight excluding hydrogens is 183 g/mol. The highest BCUT2D eigenvalue weighted by Gasteiger charge is 2.17. The van der Waals surface area contributed by atoms with E-state index < -0.39 is 0 Å². The zero-order valence-electron chi connectivity index (χ0n) is 8.01. The second-order valence-electron chi connectivity index (χ2n) is 3.35. The molecule has 0 aliphatic carbocycles. The van der Waals surface area contributed by atoms with Crippen LogP contribution in [0.5, 0.6) is 5.75 Å². The van der Waals surface area contributed by atoms with Crippen LogP contribution in [0.15, 0.2) is 18.2 Å². The smallest absolute Gasteiger partial charge is 0.146 e. The van der Waals surface area contributed by atoms with Crippen molar-refractivity contribution < 1.29 is 9.13 Å². The molecule has 0 spiro atoms. The Labute approximate surface area is 82.3 Å². The Bertz CT molecular complexity index is 326. The van der Waals surface area contributed by atoms with Gasteiger partial charge in [0.15, 0.2) is 0 Å². The van der Waals surface area contributed by atoms with Crippen LogP contribution in [0.2, 0.25) is 0 Å². The lowest BCUT2D eigenvalue weighted by molar-refractivity contribution is 0.413. The number of methoxy groups -OCH3 is 1. The molecule has 1 heterocycles. The van der Waals surface area contributed by atoms with Crippen LogP contribution in [0, 0.1) is 5.82 Å². The summed E-state index contributed by atoms with van der Waals surface area (Å²) >= 11 is 0. The van der Waals surface area contributed by atoms with Crippen molar-refractivity contribution in [1.29, 1.82) is 0 Å². The first-order valence-electron chi connectivity index (χ1n) is 4.60. The Morgan fingerprint density at radius 2 is 2.29 bits per heavy atom. The Morgan fingerprint density at radius 3 is 2.86 bits per heavy atom. The molecule has 0 radical (unpaired) electrons. The van der Waals surface area contributed by atoms with Gasteiger partial charge >= 0.3 is 0 Å². The second kappa shape index (κ2) is 3.84. The molecule has 76 valence electrons. The molecule has 1 aromatic rings. The fourth-order valence-electron chi connectivity index (χ4n) is 1.35. The molecule has 1 aliphatic rings. The lowest BCUT2D eigenvalue weighted by atomic mass is 10.1. The molecule has 1 saturated heterocycles. The first-order chi connectivity index (χ1) is 6.79. The van der Waals surface area contributed by atoms with E-state index in [1.54, 1.807) is 19.2 Å². The van der Waals surface area contributed by atoms with Crippen LogP contribution in [0.4, 0.5) is 10.1 Å². The maximum absolute atomic E-state index is 13.3. The lowest BCUT2D eigenvalue weighted by Crippen LogP contribution is -2.51. The van der Waals surface area contributed by atoms with Gasteiger partial charge in [-0.2, -0.15) is 0 Å². The van der Waals surface area contributed by atoms with Gasteiger partial charge in [-0.1, -0.05) is 0 Å². The van der Waals surface area contributed by atoms with E-state index >= 15 is 0 Å². The minimum Gasteiger partial charge on any atom is -0.497 e. The average Bonchev–Trinajstić information content (AvgIpc) is 2.14. The Morgan fingerprint density at radius 1 is 1.50 bits per heavy atom. The van der Waals surface area contributed by atoms with E-state index in [9.17, 15) is 4.39 Å². The van der Waals surface area contributed by atoms with Crippen LogP contribution in [0.1, 0.15) is 0 Å².